The maximum atomic E-state index is 8.29. The minimum absolute atomic E-state index is 0.231. The molecule has 1 atom stereocenters. The number of para-hydroxylation sites is 1. The van der Waals surface area contributed by atoms with Crippen LogP contribution in [0.5, 0.6) is 0 Å². The quantitative estimate of drug-likeness (QED) is 0.374. The van der Waals surface area contributed by atoms with E-state index in [0.717, 1.165) is 16.9 Å². The highest BCUT2D eigenvalue weighted by Crippen LogP contribution is 2.10. The van der Waals surface area contributed by atoms with Crippen LogP contribution in [-0.2, 0) is 0 Å². The van der Waals surface area contributed by atoms with Crippen molar-refractivity contribution in [1.82, 2.24) is 0 Å². The smallest absolute Gasteiger partial charge is 0.166 e. The van der Waals surface area contributed by atoms with E-state index in [-0.39, 0.29) is 5.84 Å². The third-order valence-electron chi connectivity index (χ3n) is 3.60. The molecule has 3 aromatic carbocycles. The van der Waals surface area contributed by atoms with Crippen LogP contribution in [0.15, 0.2) is 84.9 Å². The van der Waals surface area contributed by atoms with Crippen molar-refractivity contribution in [1.29, 1.82) is 5.41 Å². The van der Waals surface area contributed by atoms with Crippen LogP contribution >= 0.6 is 0 Å². The summed E-state index contributed by atoms with van der Waals surface area (Å²) in [5, 5.41) is 8.95. The zero-order valence-electron chi connectivity index (χ0n) is 13.5. The van der Waals surface area contributed by atoms with E-state index in [1.807, 2.05) is 72.8 Å². The van der Waals surface area contributed by atoms with Gasteiger partial charge in [0.2, 0.25) is 0 Å². The zero-order valence-corrected chi connectivity index (χ0v) is 13.5. The van der Waals surface area contributed by atoms with Gasteiger partial charge in [0.1, 0.15) is 0 Å². The van der Waals surface area contributed by atoms with Gasteiger partial charge < -0.3 is 5.41 Å². The Morgan fingerprint density at radius 1 is 0.875 bits per heavy atom. The fourth-order valence-corrected chi connectivity index (χ4v) is 2.39. The topological polar surface area (TPSA) is 54.4 Å². The summed E-state index contributed by atoms with van der Waals surface area (Å²) in [6, 6.07) is 27.5. The molecule has 3 N–H and O–H groups in total. The van der Waals surface area contributed by atoms with Crippen LogP contribution in [0.3, 0.4) is 0 Å². The highest BCUT2D eigenvalue weighted by molar-refractivity contribution is 6.04. The van der Waals surface area contributed by atoms with Gasteiger partial charge in [-0.1, -0.05) is 60.7 Å². The zero-order chi connectivity index (χ0) is 16.8. The molecule has 0 aliphatic heterocycles. The normalized spacial score (nSPS) is 11.5. The Morgan fingerprint density at radius 3 is 2.21 bits per heavy atom. The van der Waals surface area contributed by atoms with E-state index in [2.05, 4.69) is 29.9 Å². The van der Waals surface area contributed by atoms with Crippen LogP contribution in [0.2, 0.25) is 0 Å². The van der Waals surface area contributed by atoms with Crippen molar-refractivity contribution in [2.75, 3.05) is 5.43 Å². The minimum Gasteiger partial charge on any atom is -0.478 e. The standard InChI is InChI=1S/C20H20N4/c1-16-9-8-12-18(15-16)22-24(19-13-6-3-7-14-19)23-20(21)17-10-4-2-5-11-17/h2-15,22,24H,1H3,(H-,21,23). The number of nitrogens with one attached hydrogen (secondary N) is 3. The number of rotatable bonds is 5. The predicted octanol–water partition coefficient (Wildman–Crippen LogP) is 3.85. The molecule has 4 heteroatoms. The third-order valence-corrected chi connectivity index (χ3v) is 3.60. The average molecular weight is 316 g/mol. The first-order chi connectivity index (χ1) is 11.7. The largest absolute Gasteiger partial charge is 0.478 e. The van der Waals surface area contributed by atoms with Gasteiger partial charge in [-0.15, -0.1) is 0 Å². The monoisotopic (exact) mass is 316 g/mol. The molecule has 0 bridgehead atoms. The van der Waals surface area contributed by atoms with Crippen molar-refractivity contribution in [3.63, 3.8) is 0 Å². The van der Waals surface area contributed by atoms with Gasteiger partial charge in [-0.2, -0.15) is 5.12 Å². The Hall–Kier alpha value is -3.11. The number of hydrogen-bond donors (Lipinski definition) is 3. The number of quaternary nitrogens is 1. The molecule has 24 heavy (non-hydrogen) atoms. The molecule has 1 unspecified atom stereocenters. The molecular weight excluding hydrogens is 296 g/mol. The number of amidine groups is 1. The molecule has 120 valence electrons. The summed E-state index contributed by atoms with van der Waals surface area (Å²) in [7, 11) is 0. The Labute approximate surface area is 142 Å². The minimum atomic E-state index is 0.231. The SMILES string of the molecule is Cc1cccc(N[NH+]([N-]C(=N)c2ccccc2)c2ccccc2)c1. The summed E-state index contributed by atoms with van der Waals surface area (Å²) in [5.41, 5.74) is 11.7. The van der Waals surface area contributed by atoms with E-state index in [4.69, 9.17) is 5.41 Å². The van der Waals surface area contributed by atoms with Crippen molar-refractivity contribution >= 4 is 17.2 Å². The lowest BCUT2D eigenvalue weighted by Crippen LogP contribution is -3.07. The molecule has 0 spiro atoms. The molecule has 0 aliphatic rings. The van der Waals surface area contributed by atoms with Crippen LogP contribution < -0.4 is 10.5 Å². The van der Waals surface area contributed by atoms with Gasteiger partial charge in [0.15, 0.2) is 5.69 Å². The molecule has 0 heterocycles. The van der Waals surface area contributed by atoms with E-state index < -0.39 is 0 Å². The molecule has 0 aromatic heterocycles. The summed E-state index contributed by atoms with van der Waals surface area (Å²) >= 11 is 0. The Morgan fingerprint density at radius 2 is 1.54 bits per heavy atom. The van der Waals surface area contributed by atoms with E-state index in [1.54, 1.807) is 0 Å². The second-order valence-corrected chi connectivity index (χ2v) is 5.54. The molecule has 3 aromatic rings. The second kappa shape index (κ2) is 7.44. The maximum Gasteiger partial charge on any atom is 0.166 e. The van der Waals surface area contributed by atoms with Crippen molar-refractivity contribution in [2.45, 2.75) is 6.92 Å². The molecule has 0 saturated heterocycles. The lowest BCUT2D eigenvalue weighted by Gasteiger charge is -2.26. The second-order valence-electron chi connectivity index (χ2n) is 5.54. The molecule has 0 fully saturated rings. The van der Waals surface area contributed by atoms with Gasteiger partial charge in [-0.25, -0.2) is 10.9 Å². The number of benzene rings is 3. The van der Waals surface area contributed by atoms with E-state index in [9.17, 15) is 0 Å². The summed E-state index contributed by atoms with van der Waals surface area (Å²) < 4.78 is 0. The molecule has 0 amide bonds. The molecular formula is C20H20N4. The molecule has 0 aliphatic carbocycles. The number of aryl methyl sites for hydroxylation is 1. The van der Waals surface area contributed by atoms with Crippen LogP contribution in [0.25, 0.3) is 5.43 Å². The fourth-order valence-electron chi connectivity index (χ4n) is 2.39. The molecule has 0 saturated carbocycles. The lowest BCUT2D eigenvalue weighted by atomic mass is 10.2. The van der Waals surface area contributed by atoms with Crippen LogP contribution in [0.1, 0.15) is 11.1 Å². The number of nitrogens with zero attached hydrogens (tertiary/aromatic N) is 1. The molecule has 3 rings (SSSR count). The highest BCUT2D eigenvalue weighted by atomic mass is 15.7. The van der Waals surface area contributed by atoms with E-state index in [0.29, 0.717) is 5.12 Å². The number of hydrogen-bond acceptors (Lipinski definition) is 2. The maximum absolute atomic E-state index is 8.29. The molecule has 0 radical (unpaired) electrons. The van der Waals surface area contributed by atoms with Crippen molar-refractivity contribution < 1.29 is 5.12 Å². The lowest BCUT2D eigenvalue weighted by molar-refractivity contribution is -0.759. The summed E-state index contributed by atoms with van der Waals surface area (Å²) in [4.78, 5) is 0. The Bertz CT molecular complexity index is 800. The van der Waals surface area contributed by atoms with Gasteiger partial charge in [0.05, 0.1) is 5.69 Å². The fraction of sp³-hybridized carbons (Fsp3) is 0.0500. The Balaban J connectivity index is 1.84. The Kier molecular flexibility index (Phi) is 4.89. The first-order valence-electron chi connectivity index (χ1n) is 7.84. The van der Waals surface area contributed by atoms with Crippen LogP contribution in [0, 0.1) is 12.3 Å². The third kappa shape index (κ3) is 4.00. The van der Waals surface area contributed by atoms with E-state index >= 15 is 0 Å². The summed E-state index contributed by atoms with van der Waals surface area (Å²) in [6.45, 7) is 2.05. The first-order valence-corrected chi connectivity index (χ1v) is 7.84. The van der Waals surface area contributed by atoms with Gasteiger partial charge >= 0.3 is 0 Å². The number of anilines is 1. The predicted molar refractivity (Wildman–Crippen MR) is 98.5 cm³/mol. The average Bonchev–Trinajstić information content (AvgIpc) is 2.63. The van der Waals surface area contributed by atoms with Crippen LogP contribution in [-0.4, -0.2) is 5.84 Å². The molecule has 4 nitrogen and oxygen atoms in total. The first kappa shape index (κ1) is 15.8. The van der Waals surface area contributed by atoms with Gasteiger partial charge in [-0.05, 0) is 36.0 Å². The summed E-state index contributed by atoms with van der Waals surface area (Å²) in [5.74, 6) is 0.231. The van der Waals surface area contributed by atoms with Gasteiger partial charge in [0.25, 0.3) is 0 Å². The van der Waals surface area contributed by atoms with Gasteiger partial charge in [0, 0.05) is 12.1 Å². The van der Waals surface area contributed by atoms with Crippen molar-refractivity contribution in [3.8, 4) is 0 Å². The van der Waals surface area contributed by atoms with Crippen molar-refractivity contribution in [3.05, 3.63) is 101 Å². The van der Waals surface area contributed by atoms with Crippen molar-refractivity contribution in [2.24, 2.45) is 0 Å². The summed E-state index contributed by atoms with van der Waals surface area (Å²) in [6.07, 6.45) is 0. The van der Waals surface area contributed by atoms with Gasteiger partial charge in [-0.3, -0.25) is 0 Å². The van der Waals surface area contributed by atoms with E-state index in [1.165, 1.54) is 5.56 Å². The van der Waals surface area contributed by atoms with Crippen LogP contribution in [0.4, 0.5) is 11.4 Å². The highest BCUT2D eigenvalue weighted by Gasteiger charge is 2.11.